The Balaban J connectivity index is 1.78. The van der Waals surface area contributed by atoms with Crippen LogP contribution in [-0.4, -0.2) is 56.6 Å². The second kappa shape index (κ2) is 6.88. The highest BCUT2D eigenvalue weighted by atomic mass is 31.0. The molecule has 0 aliphatic heterocycles. The Morgan fingerprint density at radius 1 is 1.25 bits per heavy atom. The van der Waals surface area contributed by atoms with Gasteiger partial charge in [0, 0.05) is 11.5 Å². The first-order valence-electron chi connectivity index (χ1n) is 10.2. The van der Waals surface area contributed by atoms with E-state index < -0.39 is 40.8 Å². The third-order valence-corrected chi connectivity index (χ3v) is 7.47. The molecule has 0 fully saturated rings. The van der Waals surface area contributed by atoms with Gasteiger partial charge in [-0.05, 0) is 49.1 Å². The fraction of sp³-hybridized carbons (Fsp3) is 0.409. The lowest BCUT2D eigenvalue weighted by molar-refractivity contribution is -0.0572. The van der Waals surface area contributed by atoms with Crippen molar-refractivity contribution in [3.8, 4) is 11.6 Å². The van der Waals surface area contributed by atoms with Crippen molar-refractivity contribution in [3.05, 3.63) is 52.0 Å². The van der Waals surface area contributed by atoms with E-state index in [1.165, 1.54) is 6.07 Å². The monoisotopic (exact) mass is 458 g/mol. The van der Waals surface area contributed by atoms with Crippen LogP contribution in [0.15, 0.2) is 34.1 Å². The number of rotatable bonds is 2. The summed E-state index contributed by atoms with van der Waals surface area (Å²) in [6, 6.07) is 4.25. The van der Waals surface area contributed by atoms with Crippen LogP contribution in [0.2, 0.25) is 0 Å². The van der Waals surface area contributed by atoms with E-state index in [2.05, 4.69) is 5.16 Å². The van der Waals surface area contributed by atoms with Gasteiger partial charge in [-0.1, -0.05) is 19.1 Å². The number of hydrogen-bond acceptors (Lipinski definition) is 9. The van der Waals surface area contributed by atoms with Gasteiger partial charge in [0.1, 0.15) is 17.1 Å². The molecule has 2 aromatic rings. The molecule has 1 heterocycles. The van der Waals surface area contributed by atoms with Crippen molar-refractivity contribution in [3.63, 3.8) is 0 Å². The molecule has 0 spiro atoms. The van der Waals surface area contributed by atoms with Gasteiger partial charge in [0.05, 0.1) is 21.1 Å². The Morgan fingerprint density at radius 3 is 2.62 bits per heavy atom. The Hall–Kier alpha value is -2.74. The van der Waals surface area contributed by atoms with Crippen molar-refractivity contribution in [1.82, 2.24) is 10.1 Å². The maximum absolute atomic E-state index is 13.6. The summed E-state index contributed by atoms with van der Waals surface area (Å²) < 4.78 is 10.5. The normalized spacial score (nSPS) is 31.2. The van der Waals surface area contributed by atoms with Crippen molar-refractivity contribution in [2.24, 2.45) is 11.8 Å². The molecule has 6 atom stereocenters. The highest BCUT2D eigenvalue weighted by molar-refractivity contribution is 7.10. The zero-order chi connectivity index (χ0) is 23.1. The van der Waals surface area contributed by atoms with Crippen molar-refractivity contribution < 1.29 is 34.0 Å². The largest absolute Gasteiger partial charge is 0.508 e. The summed E-state index contributed by atoms with van der Waals surface area (Å²) in [5.41, 5.74) is -1.71. The first kappa shape index (κ1) is 21.1. The van der Waals surface area contributed by atoms with Crippen LogP contribution < -0.4 is 4.52 Å². The number of phenols is 1. The van der Waals surface area contributed by atoms with E-state index in [9.17, 15) is 24.9 Å². The number of phenolic OH excluding ortho intramolecular Hbond substituents is 1. The number of nitrogens with zero attached hydrogens (tertiary/aromatic N) is 2. The maximum Gasteiger partial charge on any atom is 0.267 e. The van der Waals surface area contributed by atoms with Gasteiger partial charge in [0.15, 0.2) is 17.1 Å². The molecule has 168 valence electrons. The summed E-state index contributed by atoms with van der Waals surface area (Å²) in [6.45, 7) is 1.91. The summed E-state index contributed by atoms with van der Waals surface area (Å²) in [6.07, 6.45) is 0.240. The molecule has 1 aromatic heterocycles. The van der Waals surface area contributed by atoms with Gasteiger partial charge in [-0.25, -0.2) is 0 Å². The number of aromatic hydroxyl groups is 1. The minimum Gasteiger partial charge on any atom is -0.508 e. The first-order valence-corrected chi connectivity index (χ1v) is 10.7. The van der Waals surface area contributed by atoms with Crippen molar-refractivity contribution >= 4 is 21.0 Å². The predicted octanol–water partition coefficient (Wildman–Crippen LogP) is 2.53. The van der Waals surface area contributed by atoms with E-state index in [1.807, 2.05) is 16.4 Å². The number of aromatic nitrogens is 1. The number of carbonyl (C=O) groups is 2. The summed E-state index contributed by atoms with van der Waals surface area (Å²) in [7, 11) is 5.52. The first-order chi connectivity index (χ1) is 15.1. The number of aliphatic hydroxyl groups is 2. The van der Waals surface area contributed by atoms with Crippen LogP contribution in [-0.2, 0) is 0 Å². The van der Waals surface area contributed by atoms with E-state index in [1.54, 1.807) is 31.1 Å². The fourth-order valence-corrected chi connectivity index (χ4v) is 5.92. The minimum atomic E-state index is -2.37. The Kier molecular flexibility index (Phi) is 4.54. The molecule has 32 heavy (non-hydrogen) atoms. The third kappa shape index (κ3) is 2.41. The third-order valence-electron chi connectivity index (χ3n) is 7.25. The number of hydrogen-bond donors (Lipinski definition) is 3. The predicted molar refractivity (Wildman–Crippen MR) is 115 cm³/mol. The molecule has 0 saturated carbocycles. The van der Waals surface area contributed by atoms with Gasteiger partial charge < -0.3 is 24.4 Å². The van der Waals surface area contributed by atoms with E-state index in [0.29, 0.717) is 5.56 Å². The average Bonchev–Trinajstić information content (AvgIpc) is 3.17. The molecular weight excluding hydrogens is 435 g/mol. The lowest BCUT2D eigenvalue weighted by atomic mass is 9.56. The number of Topliss-reactive ketones (excluding diaryl/α,β-unsaturated/α-hetero) is 2. The Morgan fingerprint density at radius 2 is 1.97 bits per heavy atom. The molecule has 0 radical (unpaired) electrons. The molecule has 3 aliphatic rings. The van der Waals surface area contributed by atoms with E-state index in [0.717, 1.165) is 0 Å². The molecule has 3 aliphatic carbocycles. The number of ketones is 2. The second-order valence-electron chi connectivity index (χ2n) is 8.92. The molecule has 3 N–H and O–H groups in total. The minimum absolute atomic E-state index is 0.0376. The molecule has 1 aromatic carbocycles. The smallest absolute Gasteiger partial charge is 0.267 e. The van der Waals surface area contributed by atoms with Gasteiger partial charge in [0.2, 0.25) is 5.78 Å². The van der Waals surface area contributed by atoms with Gasteiger partial charge >= 0.3 is 0 Å². The molecule has 0 saturated heterocycles. The fourth-order valence-electron chi connectivity index (χ4n) is 5.76. The topological polar surface area (TPSA) is 133 Å². The van der Waals surface area contributed by atoms with E-state index in [-0.39, 0.29) is 46.4 Å². The number of fused-ring (bicyclic) bond motifs is 4. The van der Waals surface area contributed by atoms with Gasteiger partial charge in [-0.15, -0.1) is 0 Å². The summed E-state index contributed by atoms with van der Waals surface area (Å²) >= 11 is 0. The summed E-state index contributed by atoms with van der Waals surface area (Å²) in [4.78, 5) is 28.8. The van der Waals surface area contributed by atoms with Crippen LogP contribution in [0.25, 0.3) is 0 Å². The number of allylic oxidation sites excluding steroid dienone is 1. The molecule has 5 rings (SSSR count). The average molecular weight is 458 g/mol. The Bertz CT molecular complexity index is 1200. The molecule has 1 unspecified atom stereocenters. The highest BCUT2D eigenvalue weighted by Gasteiger charge is 2.64. The lowest BCUT2D eigenvalue weighted by Crippen LogP contribution is -2.59. The van der Waals surface area contributed by atoms with Crippen LogP contribution in [0.1, 0.15) is 57.3 Å². The molecule has 0 amide bonds. The van der Waals surface area contributed by atoms with Crippen LogP contribution in [0, 0.1) is 11.8 Å². The zero-order valence-corrected chi connectivity index (χ0v) is 18.8. The zero-order valence-electron chi connectivity index (χ0n) is 17.7. The van der Waals surface area contributed by atoms with Gasteiger partial charge in [-0.2, -0.15) is 0 Å². The highest BCUT2D eigenvalue weighted by Crippen LogP contribution is 2.58. The van der Waals surface area contributed by atoms with Crippen molar-refractivity contribution in [2.75, 3.05) is 14.1 Å². The number of aliphatic hydroxyl groups excluding tert-OH is 1. The maximum atomic E-state index is 13.6. The lowest BCUT2D eigenvalue weighted by Gasteiger charge is -2.50. The number of carbonyl (C=O) groups excluding carboxylic acids is 2. The second-order valence-corrected chi connectivity index (χ2v) is 9.15. The van der Waals surface area contributed by atoms with E-state index >= 15 is 0 Å². The summed E-state index contributed by atoms with van der Waals surface area (Å²) in [5.74, 6) is -3.67. The van der Waals surface area contributed by atoms with Crippen LogP contribution in [0.5, 0.6) is 11.6 Å². The van der Waals surface area contributed by atoms with Crippen LogP contribution in [0.4, 0.5) is 0 Å². The SMILES string of the molecule is C[C@H]1c2cccc(O)c2C(=O)C2=C(O)[C@]3(O)C(=O)c4c(OP)noc4[C@@H](N(C)C)[C@@H]3C[C@@H]21. The number of benzene rings is 1. The van der Waals surface area contributed by atoms with Gasteiger partial charge in [0.25, 0.3) is 5.88 Å². The molecule has 9 nitrogen and oxygen atoms in total. The van der Waals surface area contributed by atoms with Gasteiger partial charge in [-0.3, -0.25) is 14.5 Å². The van der Waals surface area contributed by atoms with Crippen molar-refractivity contribution in [1.29, 1.82) is 0 Å². The van der Waals surface area contributed by atoms with Crippen LogP contribution >= 0.6 is 9.47 Å². The molecule has 10 heteroatoms. The molecular formula is C22H23N2O7P. The quantitative estimate of drug-likeness (QED) is 0.581. The van der Waals surface area contributed by atoms with E-state index in [4.69, 9.17) is 9.05 Å². The Labute approximate surface area is 185 Å². The summed E-state index contributed by atoms with van der Waals surface area (Å²) in [5, 5.41) is 37.3. The van der Waals surface area contributed by atoms with Crippen molar-refractivity contribution in [2.45, 2.75) is 30.9 Å². The molecule has 0 bridgehead atoms. The standard InChI is InChI=1S/C22H23N2O7P/c1-8-9-5-4-6-12(25)13(9)17(26)14-10(8)7-11-16(24(2)3)18-15(21(31-32)23-30-18)20(28)22(11,29)19(14)27/h4-6,8,10-11,16,25,27,29H,7,32H2,1-3H3/t8-,10+,11-,16-,22-/m0/s1. The van der Waals surface area contributed by atoms with Crippen LogP contribution in [0.3, 0.4) is 0 Å².